The lowest BCUT2D eigenvalue weighted by molar-refractivity contribution is -0.151. The largest absolute Gasteiger partial charge is 0.394 e. The summed E-state index contributed by atoms with van der Waals surface area (Å²) in [5.41, 5.74) is -1.86. The Balaban J connectivity index is 1.75. The van der Waals surface area contributed by atoms with Crippen LogP contribution in [0.15, 0.2) is 0 Å². The number of carbonyl (C=O) groups is 3. The second-order valence-electron chi connectivity index (χ2n) is 12.0. The lowest BCUT2D eigenvalue weighted by Gasteiger charge is -2.38. The zero-order chi connectivity index (χ0) is 25.5. The number of hydrogen-bond acceptors (Lipinski definition) is 5. The summed E-state index contributed by atoms with van der Waals surface area (Å²) in [5.74, 6) is -1.70. The van der Waals surface area contributed by atoms with Crippen LogP contribution in [0.4, 0.5) is 0 Å². The molecule has 3 saturated heterocycles. The second-order valence-corrected chi connectivity index (χ2v) is 12.0. The van der Waals surface area contributed by atoms with Crippen LogP contribution in [0, 0.1) is 23.7 Å². The van der Waals surface area contributed by atoms with Gasteiger partial charge < -0.3 is 25.4 Å². The van der Waals surface area contributed by atoms with Gasteiger partial charge >= 0.3 is 0 Å². The fraction of sp³-hybridized carbons (Fsp3) is 0.889. The highest BCUT2D eigenvalue weighted by molar-refractivity contribution is 5.99. The van der Waals surface area contributed by atoms with E-state index >= 15 is 0 Å². The van der Waals surface area contributed by atoms with Gasteiger partial charge in [0, 0.05) is 12.6 Å². The maximum atomic E-state index is 14.2. The van der Waals surface area contributed by atoms with E-state index in [-0.39, 0.29) is 42.2 Å². The summed E-state index contributed by atoms with van der Waals surface area (Å²) in [6.45, 7) is 10.4. The Hall–Kier alpha value is -1.67. The zero-order valence-corrected chi connectivity index (χ0v) is 22.1. The molecule has 2 bridgehead atoms. The molecule has 35 heavy (non-hydrogen) atoms. The normalized spacial score (nSPS) is 37.6. The molecule has 198 valence electrons. The van der Waals surface area contributed by atoms with Gasteiger partial charge in [0.2, 0.25) is 17.7 Å². The number of hydrogen-bond donors (Lipinski definition) is 3. The fourth-order valence-corrected chi connectivity index (χ4v) is 7.47. The Morgan fingerprint density at radius 2 is 1.89 bits per heavy atom. The van der Waals surface area contributed by atoms with Crippen LogP contribution >= 0.6 is 0 Å². The van der Waals surface area contributed by atoms with E-state index in [0.717, 1.165) is 32.1 Å². The molecule has 0 aromatic heterocycles. The van der Waals surface area contributed by atoms with Gasteiger partial charge in [0.15, 0.2) is 0 Å². The molecule has 3 heterocycles. The Labute approximate surface area is 209 Å². The van der Waals surface area contributed by atoms with Crippen molar-refractivity contribution in [2.24, 2.45) is 23.7 Å². The molecule has 4 aliphatic rings. The quantitative estimate of drug-likeness (QED) is 0.459. The van der Waals surface area contributed by atoms with E-state index in [1.54, 1.807) is 4.90 Å². The summed E-state index contributed by atoms with van der Waals surface area (Å²) in [6.07, 6.45) is 7.17. The molecule has 7 atom stereocenters. The van der Waals surface area contributed by atoms with E-state index in [1.807, 2.05) is 27.7 Å². The summed E-state index contributed by atoms with van der Waals surface area (Å²) in [5, 5.41) is 16.6. The number of fused-ring (bicyclic) bond motifs is 1. The number of rotatable bonds is 9. The molecule has 3 aliphatic heterocycles. The van der Waals surface area contributed by atoms with Crippen LogP contribution in [0.2, 0.25) is 0 Å². The lowest BCUT2D eigenvalue weighted by atomic mass is 9.62. The summed E-state index contributed by atoms with van der Waals surface area (Å²) >= 11 is 0. The molecule has 8 heteroatoms. The highest BCUT2D eigenvalue weighted by Gasteiger charge is 2.80. The summed E-state index contributed by atoms with van der Waals surface area (Å²) in [7, 11) is 0. The number of carbonyl (C=O) groups excluding carboxylic acids is 3. The van der Waals surface area contributed by atoms with Crippen LogP contribution < -0.4 is 10.6 Å². The van der Waals surface area contributed by atoms with Crippen LogP contribution in [0.5, 0.6) is 0 Å². The molecule has 0 aromatic rings. The zero-order valence-electron chi connectivity index (χ0n) is 22.1. The Morgan fingerprint density at radius 3 is 2.49 bits per heavy atom. The molecule has 1 aliphatic carbocycles. The minimum atomic E-state index is -1.05. The number of amides is 3. The van der Waals surface area contributed by atoms with Crippen LogP contribution in [0.3, 0.4) is 0 Å². The topological polar surface area (TPSA) is 108 Å². The van der Waals surface area contributed by atoms with Crippen molar-refractivity contribution in [2.45, 2.75) is 115 Å². The molecule has 8 nitrogen and oxygen atoms in total. The fourth-order valence-electron chi connectivity index (χ4n) is 7.47. The first-order valence-corrected chi connectivity index (χ1v) is 13.8. The van der Waals surface area contributed by atoms with Crippen molar-refractivity contribution < 1.29 is 24.2 Å². The van der Waals surface area contributed by atoms with E-state index in [0.29, 0.717) is 19.4 Å². The molecule has 1 saturated carbocycles. The number of ether oxygens (including phenoxy) is 1. The van der Waals surface area contributed by atoms with Gasteiger partial charge in [-0.05, 0) is 50.9 Å². The van der Waals surface area contributed by atoms with Crippen molar-refractivity contribution in [1.82, 2.24) is 15.5 Å². The number of likely N-dealkylation sites (tertiary alicyclic amines) is 1. The van der Waals surface area contributed by atoms with Crippen LogP contribution in [-0.4, -0.2) is 70.2 Å². The molecule has 1 spiro atoms. The third-order valence-electron chi connectivity index (χ3n) is 9.13. The third kappa shape index (κ3) is 4.28. The van der Waals surface area contributed by atoms with Crippen LogP contribution in [-0.2, 0) is 19.1 Å². The number of aliphatic hydroxyl groups is 1. The summed E-state index contributed by atoms with van der Waals surface area (Å²) < 4.78 is 6.75. The smallest absolute Gasteiger partial charge is 0.246 e. The van der Waals surface area contributed by atoms with E-state index in [1.165, 1.54) is 6.42 Å². The van der Waals surface area contributed by atoms with Gasteiger partial charge in [-0.15, -0.1) is 0 Å². The number of nitrogens with zero attached hydrogens (tertiary/aromatic N) is 1. The molecule has 3 unspecified atom stereocenters. The molecule has 3 N–H and O–H groups in total. The van der Waals surface area contributed by atoms with Gasteiger partial charge in [-0.3, -0.25) is 14.4 Å². The van der Waals surface area contributed by atoms with Gasteiger partial charge in [-0.25, -0.2) is 0 Å². The first kappa shape index (κ1) is 26.4. The predicted molar refractivity (Wildman–Crippen MR) is 132 cm³/mol. The first-order chi connectivity index (χ1) is 16.6. The van der Waals surface area contributed by atoms with Crippen molar-refractivity contribution in [3.8, 4) is 0 Å². The van der Waals surface area contributed by atoms with Crippen molar-refractivity contribution in [1.29, 1.82) is 0 Å². The minimum absolute atomic E-state index is 0.0199. The Morgan fingerprint density at radius 1 is 1.20 bits per heavy atom. The molecule has 4 rings (SSSR count). The first-order valence-electron chi connectivity index (χ1n) is 13.8. The molecule has 3 amide bonds. The average molecular weight is 492 g/mol. The highest BCUT2D eigenvalue weighted by atomic mass is 16.5. The maximum Gasteiger partial charge on any atom is 0.246 e. The summed E-state index contributed by atoms with van der Waals surface area (Å²) in [6, 6.07) is -1.24. The molecular formula is C27H45N3O5. The van der Waals surface area contributed by atoms with Gasteiger partial charge in [0.05, 0.1) is 30.1 Å². The average Bonchev–Trinajstić information content (AvgIpc) is 3.33. The molecule has 0 radical (unpaired) electrons. The SMILES string of the molecule is CCCNC(=O)[C@H]1[C@H]2C(=O)N([C@@H](CO)CC(C)C)C(C(=O)NC3CCCCC3)C23CC(C)[C@]1(C)O3. The van der Waals surface area contributed by atoms with Gasteiger partial charge in [-0.1, -0.05) is 47.0 Å². The predicted octanol–water partition coefficient (Wildman–Crippen LogP) is 2.38. The van der Waals surface area contributed by atoms with Crippen LogP contribution in [0.25, 0.3) is 0 Å². The van der Waals surface area contributed by atoms with Crippen LogP contribution in [0.1, 0.15) is 86.0 Å². The lowest BCUT2D eigenvalue weighted by Crippen LogP contribution is -2.59. The minimum Gasteiger partial charge on any atom is -0.394 e. The Bertz CT molecular complexity index is 828. The second kappa shape index (κ2) is 10.0. The van der Waals surface area contributed by atoms with Crippen molar-refractivity contribution in [3.63, 3.8) is 0 Å². The van der Waals surface area contributed by atoms with E-state index < -0.39 is 35.1 Å². The Kier molecular flexibility index (Phi) is 7.54. The van der Waals surface area contributed by atoms with Crippen molar-refractivity contribution in [3.05, 3.63) is 0 Å². The van der Waals surface area contributed by atoms with Gasteiger partial charge in [0.1, 0.15) is 11.6 Å². The van der Waals surface area contributed by atoms with Crippen molar-refractivity contribution in [2.75, 3.05) is 13.2 Å². The standard InChI is InChI=1S/C27H45N3O5/c1-6-12-28-23(32)20-21-25(34)30(19(15-31)13-16(2)3)22(24(33)29-18-10-8-7-9-11-18)27(21)14-17(4)26(20,5)35-27/h16-22,31H,6-15H2,1-5H3,(H,28,32)(H,29,33)/t17?,19-,20-,21+,22?,26+,27?/m1/s1. The van der Waals surface area contributed by atoms with E-state index in [2.05, 4.69) is 17.6 Å². The van der Waals surface area contributed by atoms with Gasteiger partial charge in [0.25, 0.3) is 0 Å². The van der Waals surface area contributed by atoms with Crippen molar-refractivity contribution >= 4 is 17.7 Å². The van der Waals surface area contributed by atoms with Gasteiger partial charge in [-0.2, -0.15) is 0 Å². The highest BCUT2D eigenvalue weighted by Crippen LogP contribution is 2.65. The maximum absolute atomic E-state index is 14.2. The van der Waals surface area contributed by atoms with E-state index in [9.17, 15) is 19.5 Å². The number of aliphatic hydroxyl groups excluding tert-OH is 1. The number of nitrogens with one attached hydrogen (secondary N) is 2. The van der Waals surface area contributed by atoms with E-state index in [4.69, 9.17) is 4.74 Å². The molecule has 0 aromatic carbocycles. The molecule has 4 fully saturated rings. The monoisotopic (exact) mass is 491 g/mol. The third-order valence-corrected chi connectivity index (χ3v) is 9.13. The summed E-state index contributed by atoms with van der Waals surface area (Å²) in [4.78, 5) is 43.2. The molecular weight excluding hydrogens is 446 g/mol.